The van der Waals surface area contributed by atoms with Gasteiger partial charge in [-0.1, -0.05) is 30.3 Å². The molecule has 1 unspecified atom stereocenters. The molecule has 1 aliphatic heterocycles. The highest BCUT2D eigenvalue weighted by molar-refractivity contribution is 7.89. The lowest BCUT2D eigenvalue weighted by molar-refractivity contribution is 0.0915. The van der Waals surface area contributed by atoms with E-state index in [1.165, 1.54) is 12.8 Å². The van der Waals surface area contributed by atoms with Crippen LogP contribution in [0.25, 0.3) is 0 Å². The van der Waals surface area contributed by atoms with Gasteiger partial charge in [0, 0.05) is 19.0 Å². The molecule has 0 N–H and O–H groups in total. The molecule has 0 bridgehead atoms. The molecular formula is C15H21NO3S. The summed E-state index contributed by atoms with van der Waals surface area (Å²) in [5, 5.41) is 0. The van der Waals surface area contributed by atoms with Crippen LogP contribution >= 0.6 is 0 Å². The second-order valence-electron chi connectivity index (χ2n) is 5.91. The van der Waals surface area contributed by atoms with Gasteiger partial charge in [0.15, 0.2) is 0 Å². The van der Waals surface area contributed by atoms with Gasteiger partial charge < -0.3 is 4.74 Å². The summed E-state index contributed by atoms with van der Waals surface area (Å²) in [7, 11) is -3.03. The molecular weight excluding hydrogens is 274 g/mol. The molecule has 2 fully saturated rings. The Morgan fingerprint density at radius 2 is 1.90 bits per heavy atom. The predicted octanol–water partition coefficient (Wildman–Crippen LogP) is 1.87. The van der Waals surface area contributed by atoms with Gasteiger partial charge in [-0.25, -0.2) is 12.7 Å². The zero-order valence-corrected chi connectivity index (χ0v) is 12.4. The van der Waals surface area contributed by atoms with Crippen molar-refractivity contribution in [1.29, 1.82) is 0 Å². The molecule has 1 heterocycles. The third kappa shape index (κ3) is 3.59. The first-order valence-electron chi connectivity index (χ1n) is 7.23. The van der Waals surface area contributed by atoms with Crippen LogP contribution in [0.3, 0.4) is 0 Å². The minimum Gasteiger partial charge on any atom is -0.376 e. The first-order chi connectivity index (χ1) is 9.63. The topological polar surface area (TPSA) is 46.6 Å². The van der Waals surface area contributed by atoms with Crippen LogP contribution in [0.15, 0.2) is 30.3 Å². The molecule has 0 amide bonds. The van der Waals surface area contributed by atoms with Crippen LogP contribution in [0, 0.1) is 11.8 Å². The lowest BCUT2D eigenvalue weighted by Gasteiger charge is -2.14. The molecule has 3 rings (SSSR count). The van der Waals surface area contributed by atoms with Crippen LogP contribution in [0.1, 0.15) is 18.4 Å². The van der Waals surface area contributed by atoms with Gasteiger partial charge in [0.05, 0.1) is 19.0 Å². The molecule has 5 heteroatoms. The molecule has 2 aliphatic rings. The van der Waals surface area contributed by atoms with E-state index in [4.69, 9.17) is 4.74 Å². The second kappa shape index (κ2) is 5.84. The van der Waals surface area contributed by atoms with Crippen LogP contribution in [0.5, 0.6) is 0 Å². The Kier molecular flexibility index (Phi) is 4.10. The summed E-state index contributed by atoms with van der Waals surface area (Å²) in [4.78, 5) is 0. The van der Waals surface area contributed by atoms with Crippen LogP contribution in [-0.2, 0) is 21.4 Å². The van der Waals surface area contributed by atoms with Crippen LogP contribution in [-0.4, -0.2) is 38.2 Å². The summed E-state index contributed by atoms with van der Waals surface area (Å²) in [6.07, 6.45) is 2.36. The Balaban J connectivity index is 1.47. The van der Waals surface area contributed by atoms with E-state index in [0.29, 0.717) is 25.7 Å². The molecule has 0 spiro atoms. The van der Waals surface area contributed by atoms with Crippen molar-refractivity contribution in [1.82, 2.24) is 4.31 Å². The lowest BCUT2D eigenvalue weighted by atomic mass is 10.2. The summed E-state index contributed by atoms with van der Waals surface area (Å²) in [6, 6.07) is 9.98. The average molecular weight is 295 g/mol. The number of rotatable bonds is 6. The first kappa shape index (κ1) is 14.0. The Morgan fingerprint density at radius 1 is 1.15 bits per heavy atom. The molecule has 1 atom stereocenters. The Labute approximate surface area is 120 Å². The smallest absolute Gasteiger partial charge is 0.214 e. The predicted molar refractivity (Wildman–Crippen MR) is 77.7 cm³/mol. The van der Waals surface area contributed by atoms with Crippen molar-refractivity contribution in [3.05, 3.63) is 35.9 Å². The summed E-state index contributed by atoms with van der Waals surface area (Å²) in [6.45, 7) is 2.43. The van der Waals surface area contributed by atoms with Crippen molar-refractivity contribution < 1.29 is 13.2 Å². The average Bonchev–Trinajstić information content (AvgIpc) is 3.17. The van der Waals surface area contributed by atoms with E-state index in [9.17, 15) is 8.42 Å². The molecule has 0 radical (unpaired) electrons. The Morgan fingerprint density at radius 3 is 2.60 bits per heavy atom. The molecule has 1 saturated heterocycles. The van der Waals surface area contributed by atoms with Gasteiger partial charge in [-0.15, -0.1) is 0 Å². The van der Waals surface area contributed by atoms with Crippen molar-refractivity contribution in [2.24, 2.45) is 11.8 Å². The normalized spacial score (nSPS) is 25.9. The minimum atomic E-state index is -3.03. The zero-order valence-electron chi connectivity index (χ0n) is 11.6. The van der Waals surface area contributed by atoms with Crippen molar-refractivity contribution >= 4 is 10.0 Å². The van der Waals surface area contributed by atoms with Gasteiger partial charge in [0.25, 0.3) is 0 Å². The van der Waals surface area contributed by atoms with Crippen molar-refractivity contribution in [2.45, 2.75) is 19.4 Å². The van der Waals surface area contributed by atoms with E-state index in [1.807, 2.05) is 30.3 Å². The summed E-state index contributed by atoms with van der Waals surface area (Å²) in [5.41, 5.74) is 1.13. The van der Waals surface area contributed by atoms with E-state index in [0.717, 1.165) is 12.1 Å². The van der Waals surface area contributed by atoms with Crippen molar-refractivity contribution in [2.75, 3.05) is 25.4 Å². The summed E-state index contributed by atoms with van der Waals surface area (Å²) < 4.78 is 31.4. The maximum atomic E-state index is 12.0. The fraction of sp³-hybridized carbons (Fsp3) is 0.600. The molecule has 1 aromatic rings. The van der Waals surface area contributed by atoms with E-state index in [2.05, 4.69) is 0 Å². The van der Waals surface area contributed by atoms with E-state index in [-0.39, 0.29) is 11.7 Å². The highest BCUT2D eigenvalue weighted by Crippen LogP contribution is 2.32. The maximum absolute atomic E-state index is 12.0. The third-order valence-electron chi connectivity index (χ3n) is 3.93. The third-order valence-corrected chi connectivity index (χ3v) is 5.90. The van der Waals surface area contributed by atoms with Gasteiger partial charge in [-0.3, -0.25) is 0 Å². The molecule has 1 aliphatic carbocycles. The summed E-state index contributed by atoms with van der Waals surface area (Å²) in [5.74, 6) is 0.963. The van der Waals surface area contributed by atoms with E-state index >= 15 is 0 Å². The van der Waals surface area contributed by atoms with Gasteiger partial charge >= 0.3 is 0 Å². The highest BCUT2D eigenvalue weighted by Gasteiger charge is 2.38. The molecule has 0 aromatic heterocycles. The van der Waals surface area contributed by atoms with Crippen molar-refractivity contribution in [3.8, 4) is 0 Å². The molecule has 1 aromatic carbocycles. The molecule has 4 nitrogen and oxygen atoms in total. The fourth-order valence-corrected chi connectivity index (χ4v) is 4.54. The summed E-state index contributed by atoms with van der Waals surface area (Å²) >= 11 is 0. The lowest BCUT2D eigenvalue weighted by Crippen LogP contribution is -2.28. The monoisotopic (exact) mass is 295 g/mol. The minimum absolute atomic E-state index is 0.113. The van der Waals surface area contributed by atoms with Gasteiger partial charge in [0.2, 0.25) is 10.0 Å². The number of nitrogens with zero attached hydrogens (tertiary/aromatic N) is 1. The Hall–Kier alpha value is -0.910. The maximum Gasteiger partial charge on any atom is 0.214 e. The molecule has 20 heavy (non-hydrogen) atoms. The second-order valence-corrected chi connectivity index (χ2v) is 7.92. The largest absolute Gasteiger partial charge is 0.376 e. The van der Waals surface area contributed by atoms with Gasteiger partial charge in [0.1, 0.15) is 0 Å². The van der Waals surface area contributed by atoms with Crippen LogP contribution in [0.2, 0.25) is 0 Å². The molecule has 110 valence electrons. The quantitative estimate of drug-likeness (QED) is 0.805. The van der Waals surface area contributed by atoms with Crippen molar-refractivity contribution in [3.63, 3.8) is 0 Å². The van der Waals surface area contributed by atoms with Crippen LogP contribution in [0.4, 0.5) is 0 Å². The van der Waals surface area contributed by atoms with E-state index < -0.39 is 10.0 Å². The number of hydrogen-bond acceptors (Lipinski definition) is 3. The number of sulfonamides is 1. The first-order valence-corrected chi connectivity index (χ1v) is 8.84. The fourth-order valence-electron chi connectivity index (χ4n) is 2.65. The Bertz CT molecular complexity index is 539. The number of ether oxygens (including phenoxy) is 1. The standard InChI is InChI=1S/C15H21NO3S/c17-20(18)12-15(9-16(20)8-13-6-7-13)11-19-10-14-4-2-1-3-5-14/h1-5,13,15H,6-12H2. The van der Waals surface area contributed by atoms with Gasteiger partial charge in [-0.05, 0) is 24.3 Å². The zero-order chi connectivity index (χ0) is 14.0. The molecule has 1 saturated carbocycles. The SMILES string of the molecule is O=S1(=O)CC(COCc2ccccc2)CN1CC1CC1. The highest BCUT2D eigenvalue weighted by atomic mass is 32.2. The number of benzene rings is 1. The van der Waals surface area contributed by atoms with Gasteiger partial charge in [-0.2, -0.15) is 0 Å². The van der Waals surface area contributed by atoms with Crippen LogP contribution < -0.4 is 0 Å². The number of hydrogen-bond donors (Lipinski definition) is 0. The van der Waals surface area contributed by atoms with E-state index in [1.54, 1.807) is 4.31 Å².